The second-order valence-corrected chi connectivity index (χ2v) is 6.64. The van der Waals surface area contributed by atoms with Crippen LogP contribution in [-0.2, 0) is 13.1 Å². The molecule has 1 saturated carbocycles. The van der Waals surface area contributed by atoms with Crippen LogP contribution in [0.3, 0.4) is 0 Å². The molecule has 0 spiro atoms. The normalized spacial score (nSPS) is 24.8. The number of rotatable bonds is 5. The second kappa shape index (κ2) is 6.64. The number of hydrogen-bond donors (Lipinski definition) is 1. The van der Waals surface area contributed by atoms with Crippen molar-refractivity contribution in [3.05, 3.63) is 71.8 Å². The van der Waals surface area contributed by atoms with E-state index in [2.05, 4.69) is 65.6 Å². The quantitative estimate of drug-likeness (QED) is 0.901. The van der Waals surface area contributed by atoms with E-state index in [1.165, 1.54) is 11.1 Å². The van der Waals surface area contributed by atoms with Crippen LogP contribution in [-0.4, -0.2) is 21.6 Å². The molecule has 0 saturated heterocycles. The van der Waals surface area contributed by atoms with E-state index in [0.29, 0.717) is 0 Å². The van der Waals surface area contributed by atoms with Gasteiger partial charge in [0, 0.05) is 19.1 Å². The van der Waals surface area contributed by atoms with E-state index < -0.39 is 5.60 Å². The van der Waals surface area contributed by atoms with Gasteiger partial charge in [-0.15, -0.1) is 0 Å². The highest BCUT2D eigenvalue weighted by atomic mass is 16.3. The van der Waals surface area contributed by atoms with Gasteiger partial charge in [-0.25, -0.2) is 0 Å². The van der Waals surface area contributed by atoms with Crippen molar-refractivity contribution >= 4 is 0 Å². The molecule has 3 rings (SSSR count). The summed E-state index contributed by atoms with van der Waals surface area (Å²) >= 11 is 0. The van der Waals surface area contributed by atoms with E-state index in [-0.39, 0.29) is 6.04 Å². The minimum absolute atomic E-state index is 0.230. The fourth-order valence-corrected chi connectivity index (χ4v) is 3.62. The van der Waals surface area contributed by atoms with Crippen LogP contribution in [0.4, 0.5) is 0 Å². The van der Waals surface area contributed by atoms with Crippen LogP contribution in [0.25, 0.3) is 0 Å². The van der Waals surface area contributed by atoms with Crippen LogP contribution in [0.15, 0.2) is 60.7 Å². The standard InChI is InChI=1S/C20H25NO/c1-20(22)14-8-13-19(20)21(15-17-9-4-2-5-10-17)16-18-11-6-3-7-12-18/h2-7,9-12,19,22H,8,13-16H2,1H3/t19-,20+/m1/s1. The van der Waals surface area contributed by atoms with Crippen molar-refractivity contribution < 1.29 is 5.11 Å². The van der Waals surface area contributed by atoms with E-state index in [0.717, 1.165) is 32.4 Å². The molecule has 2 atom stereocenters. The summed E-state index contributed by atoms with van der Waals surface area (Å²) in [6, 6.07) is 21.4. The summed E-state index contributed by atoms with van der Waals surface area (Å²) in [5.74, 6) is 0. The summed E-state index contributed by atoms with van der Waals surface area (Å²) < 4.78 is 0. The van der Waals surface area contributed by atoms with Crippen LogP contribution in [0, 0.1) is 0 Å². The highest BCUT2D eigenvalue weighted by Crippen LogP contribution is 2.35. The lowest BCUT2D eigenvalue weighted by Crippen LogP contribution is -2.46. The van der Waals surface area contributed by atoms with Crippen molar-refractivity contribution in [3.8, 4) is 0 Å². The number of nitrogens with zero attached hydrogens (tertiary/aromatic N) is 1. The van der Waals surface area contributed by atoms with Crippen LogP contribution in [0.5, 0.6) is 0 Å². The molecular formula is C20H25NO. The average Bonchev–Trinajstić information content (AvgIpc) is 2.88. The zero-order chi connectivity index (χ0) is 15.4. The number of hydrogen-bond acceptors (Lipinski definition) is 2. The Bertz CT molecular complexity index is 538. The van der Waals surface area contributed by atoms with Gasteiger partial charge in [0.15, 0.2) is 0 Å². The monoisotopic (exact) mass is 295 g/mol. The van der Waals surface area contributed by atoms with E-state index in [1.807, 2.05) is 6.92 Å². The first-order valence-electron chi connectivity index (χ1n) is 8.19. The van der Waals surface area contributed by atoms with Crippen molar-refractivity contribution in [2.45, 2.75) is 50.9 Å². The summed E-state index contributed by atoms with van der Waals surface area (Å²) in [7, 11) is 0. The Hall–Kier alpha value is -1.64. The molecule has 1 aliphatic rings. The lowest BCUT2D eigenvalue weighted by atomic mass is 9.97. The Morgan fingerprint density at radius 3 is 1.86 bits per heavy atom. The largest absolute Gasteiger partial charge is 0.389 e. The van der Waals surface area contributed by atoms with Gasteiger partial charge in [0.25, 0.3) is 0 Å². The Morgan fingerprint density at radius 2 is 1.45 bits per heavy atom. The SMILES string of the molecule is C[C@]1(O)CCC[C@H]1N(Cc1ccccc1)Cc1ccccc1. The molecule has 0 bridgehead atoms. The van der Waals surface area contributed by atoms with E-state index in [9.17, 15) is 5.11 Å². The minimum atomic E-state index is -0.580. The highest BCUT2D eigenvalue weighted by molar-refractivity contribution is 5.18. The summed E-state index contributed by atoms with van der Waals surface area (Å²) in [6.45, 7) is 3.76. The zero-order valence-corrected chi connectivity index (χ0v) is 13.3. The first-order valence-corrected chi connectivity index (χ1v) is 8.19. The Kier molecular flexibility index (Phi) is 4.60. The Labute approximate surface area is 133 Å². The van der Waals surface area contributed by atoms with Gasteiger partial charge in [-0.2, -0.15) is 0 Å². The predicted molar refractivity (Wildman–Crippen MR) is 90.4 cm³/mol. The molecule has 0 amide bonds. The van der Waals surface area contributed by atoms with E-state index in [1.54, 1.807) is 0 Å². The van der Waals surface area contributed by atoms with Gasteiger partial charge in [0.1, 0.15) is 0 Å². The van der Waals surface area contributed by atoms with Gasteiger partial charge in [-0.3, -0.25) is 4.90 Å². The number of benzene rings is 2. The van der Waals surface area contributed by atoms with Gasteiger partial charge < -0.3 is 5.11 Å². The second-order valence-electron chi connectivity index (χ2n) is 6.64. The van der Waals surface area contributed by atoms with Gasteiger partial charge >= 0.3 is 0 Å². The molecule has 2 heteroatoms. The smallest absolute Gasteiger partial charge is 0.0774 e. The van der Waals surface area contributed by atoms with Crippen molar-refractivity contribution in [2.75, 3.05) is 0 Å². The topological polar surface area (TPSA) is 23.5 Å². The van der Waals surface area contributed by atoms with Crippen molar-refractivity contribution in [3.63, 3.8) is 0 Å². The maximum Gasteiger partial charge on any atom is 0.0774 e. The minimum Gasteiger partial charge on any atom is -0.389 e. The van der Waals surface area contributed by atoms with Crippen LogP contribution < -0.4 is 0 Å². The molecule has 0 radical (unpaired) electrons. The van der Waals surface area contributed by atoms with E-state index >= 15 is 0 Å². The van der Waals surface area contributed by atoms with Gasteiger partial charge in [-0.1, -0.05) is 60.7 Å². The Morgan fingerprint density at radius 1 is 0.955 bits per heavy atom. The van der Waals surface area contributed by atoms with Crippen LogP contribution in [0.2, 0.25) is 0 Å². The molecule has 0 aliphatic heterocycles. The summed E-state index contributed by atoms with van der Waals surface area (Å²) in [4.78, 5) is 2.44. The van der Waals surface area contributed by atoms with Crippen LogP contribution >= 0.6 is 0 Å². The molecular weight excluding hydrogens is 270 g/mol. The molecule has 22 heavy (non-hydrogen) atoms. The van der Waals surface area contributed by atoms with E-state index in [4.69, 9.17) is 0 Å². The summed E-state index contributed by atoms with van der Waals surface area (Å²) in [6.07, 6.45) is 3.09. The van der Waals surface area contributed by atoms with Crippen molar-refractivity contribution in [1.29, 1.82) is 0 Å². The molecule has 1 aliphatic carbocycles. The first kappa shape index (κ1) is 15.3. The molecule has 0 unspecified atom stereocenters. The van der Waals surface area contributed by atoms with Crippen LogP contribution in [0.1, 0.15) is 37.3 Å². The maximum atomic E-state index is 10.7. The first-order chi connectivity index (χ1) is 10.6. The summed E-state index contributed by atoms with van der Waals surface area (Å²) in [5, 5.41) is 10.7. The molecule has 1 N–H and O–H groups in total. The Balaban J connectivity index is 1.82. The predicted octanol–water partition coefficient (Wildman–Crippen LogP) is 3.99. The molecule has 0 heterocycles. The third-order valence-corrected chi connectivity index (χ3v) is 4.78. The van der Waals surface area contributed by atoms with Gasteiger partial charge in [0.2, 0.25) is 0 Å². The van der Waals surface area contributed by atoms with Gasteiger partial charge in [0.05, 0.1) is 5.60 Å². The van der Waals surface area contributed by atoms with Crippen molar-refractivity contribution in [2.24, 2.45) is 0 Å². The molecule has 2 aromatic rings. The fraction of sp³-hybridized carbons (Fsp3) is 0.400. The molecule has 116 valence electrons. The molecule has 2 nitrogen and oxygen atoms in total. The average molecular weight is 295 g/mol. The van der Waals surface area contributed by atoms with Gasteiger partial charge in [-0.05, 0) is 37.3 Å². The highest BCUT2D eigenvalue weighted by Gasteiger charge is 2.40. The number of aliphatic hydroxyl groups is 1. The lowest BCUT2D eigenvalue weighted by molar-refractivity contribution is -0.0196. The maximum absolute atomic E-state index is 10.7. The zero-order valence-electron chi connectivity index (χ0n) is 13.3. The van der Waals surface area contributed by atoms with Crippen molar-refractivity contribution in [1.82, 2.24) is 4.90 Å². The third-order valence-electron chi connectivity index (χ3n) is 4.78. The molecule has 2 aromatic carbocycles. The summed E-state index contributed by atoms with van der Waals surface area (Å²) in [5.41, 5.74) is 2.03. The lowest BCUT2D eigenvalue weighted by Gasteiger charge is -2.36. The molecule has 1 fully saturated rings. The molecule has 0 aromatic heterocycles. The fourth-order valence-electron chi connectivity index (χ4n) is 3.62. The third kappa shape index (κ3) is 3.57.